The highest BCUT2D eigenvalue weighted by Crippen LogP contribution is 2.32. The molecule has 1 aromatic heterocycles. The van der Waals surface area contributed by atoms with Gasteiger partial charge in [-0.05, 0) is 24.7 Å². The number of nitrogens with zero attached hydrogens (tertiary/aromatic N) is 3. The molecule has 1 unspecified atom stereocenters. The molecule has 4 N–H and O–H groups in total. The molecule has 6 heteroatoms. The second-order valence-electron chi connectivity index (χ2n) is 5.40. The number of nitrogen functional groups attached to an aromatic ring is 1. The van der Waals surface area contributed by atoms with Crippen LogP contribution in [0.2, 0.25) is 0 Å². The number of nitrogens with one attached hydrogen (secondary N) is 1. The van der Waals surface area contributed by atoms with Crippen LogP contribution in [0.15, 0.2) is 6.33 Å². The molecule has 0 bridgehead atoms. The highest BCUT2D eigenvalue weighted by Gasteiger charge is 2.24. The molecule has 1 aliphatic rings. The van der Waals surface area contributed by atoms with E-state index < -0.39 is 0 Å². The molecule has 2 heterocycles. The molecule has 0 spiro atoms. The smallest absolute Gasteiger partial charge is 0.148 e. The van der Waals surface area contributed by atoms with Gasteiger partial charge >= 0.3 is 0 Å². The molecule has 2 rings (SSSR count). The molecule has 0 amide bonds. The van der Waals surface area contributed by atoms with Gasteiger partial charge in [-0.15, -0.1) is 0 Å². The summed E-state index contributed by atoms with van der Waals surface area (Å²) in [6, 6.07) is 0. The van der Waals surface area contributed by atoms with E-state index >= 15 is 0 Å². The molecule has 0 saturated carbocycles. The van der Waals surface area contributed by atoms with Crippen molar-refractivity contribution in [3.05, 3.63) is 11.9 Å². The summed E-state index contributed by atoms with van der Waals surface area (Å²) in [6.07, 6.45) is 3.70. The normalized spacial score (nSPS) is 19.8. The number of aliphatic hydroxyl groups is 1. The Hall–Kier alpha value is -1.40. The van der Waals surface area contributed by atoms with Crippen molar-refractivity contribution in [3.63, 3.8) is 0 Å². The van der Waals surface area contributed by atoms with Gasteiger partial charge in [0.15, 0.2) is 0 Å². The first kappa shape index (κ1) is 14.0. The van der Waals surface area contributed by atoms with Gasteiger partial charge < -0.3 is 15.4 Å². The lowest BCUT2D eigenvalue weighted by Crippen LogP contribution is -2.38. The number of anilines is 2. The van der Waals surface area contributed by atoms with Crippen LogP contribution in [0.1, 0.15) is 38.2 Å². The average molecular weight is 265 g/mol. The third-order valence-electron chi connectivity index (χ3n) is 3.65. The van der Waals surface area contributed by atoms with Crippen LogP contribution in [0.5, 0.6) is 0 Å². The molecule has 19 heavy (non-hydrogen) atoms. The Morgan fingerprint density at radius 3 is 2.95 bits per heavy atom. The molecule has 0 radical (unpaired) electrons. The Labute approximate surface area is 114 Å². The largest absolute Gasteiger partial charge is 0.396 e. The van der Waals surface area contributed by atoms with Gasteiger partial charge in [-0.1, -0.05) is 13.8 Å². The van der Waals surface area contributed by atoms with Crippen LogP contribution in [0.4, 0.5) is 11.6 Å². The maximum atomic E-state index is 9.34. The highest BCUT2D eigenvalue weighted by molar-refractivity contribution is 5.60. The standard InChI is InChI=1S/C13H23N5O/c1-9(2)11-12(17-14)15-8-16-13(11)18-5-3-4-10(6-18)7-19/h8-10,19H,3-7,14H2,1-2H3,(H,15,16,17). The zero-order valence-electron chi connectivity index (χ0n) is 11.6. The van der Waals surface area contributed by atoms with Gasteiger partial charge in [0.2, 0.25) is 0 Å². The maximum absolute atomic E-state index is 9.34. The number of rotatable bonds is 4. The van der Waals surface area contributed by atoms with Gasteiger partial charge in [0, 0.05) is 25.3 Å². The zero-order valence-corrected chi connectivity index (χ0v) is 11.6. The van der Waals surface area contributed by atoms with Crippen LogP contribution in [-0.2, 0) is 0 Å². The van der Waals surface area contributed by atoms with Gasteiger partial charge in [0.25, 0.3) is 0 Å². The summed E-state index contributed by atoms with van der Waals surface area (Å²) >= 11 is 0. The van der Waals surface area contributed by atoms with Crippen molar-refractivity contribution >= 4 is 11.6 Å². The maximum Gasteiger partial charge on any atom is 0.148 e. The summed E-state index contributed by atoms with van der Waals surface area (Å²) in [5.41, 5.74) is 3.70. The quantitative estimate of drug-likeness (QED) is 0.558. The van der Waals surface area contributed by atoms with Crippen LogP contribution < -0.4 is 16.2 Å². The molecule has 6 nitrogen and oxygen atoms in total. The van der Waals surface area contributed by atoms with Crippen molar-refractivity contribution in [2.24, 2.45) is 11.8 Å². The fourth-order valence-electron chi connectivity index (χ4n) is 2.69. The molecular weight excluding hydrogens is 242 g/mol. The van der Waals surface area contributed by atoms with E-state index in [4.69, 9.17) is 5.84 Å². The number of aromatic nitrogens is 2. The van der Waals surface area contributed by atoms with Gasteiger partial charge in [-0.2, -0.15) is 0 Å². The molecule has 1 saturated heterocycles. The van der Waals surface area contributed by atoms with E-state index in [2.05, 4.69) is 34.1 Å². The first-order valence-corrected chi connectivity index (χ1v) is 6.84. The van der Waals surface area contributed by atoms with E-state index in [-0.39, 0.29) is 12.5 Å². The molecule has 0 aliphatic carbocycles. The number of hydrazine groups is 1. The Morgan fingerprint density at radius 2 is 2.32 bits per heavy atom. The molecule has 1 atom stereocenters. The van der Waals surface area contributed by atoms with Crippen molar-refractivity contribution in [2.45, 2.75) is 32.6 Å². The van der Waals surface area contributed by atoms with Gasteiger partial charge in [-0.25, -0.2) is 15.8 Å². The van der Waals surface area contributed by atoms with Crippen LogP contribution >= 0.6 is 0 Å². The summed E-state index contributed by atoms with van der Waals surface area (Å²) in [5, 5.41) is 9.34. The van der Waals surface area contributed by atoms with E-state index in [9.17, 15) is 5.11 Å². The minimum Gasteiger partial charge on any atom is -0.396 e. The SMILES string of the molecule is CC(C)c1c(NN)ncnc1N1CCCC(CO)C1. The van der Waals surface area contributed by atoms with Gasteiger partial charge in [0.05, 0.1) is 0 Å². The van der Waals surface area contributed by atoms with E-state index in [1.807, 2.05) is 0 Å². The van der Waals surface area contributed by atoms with Crippen molar-refractivity contribution in [2.75, 3.05) is 30.0 Å². The van der Waals surface area contributed by atoms with Gasteiger partial charge in [-0.3, -0.25) is 0 Å². The third kappa shape index (κ3) is 2.96. The Kier molecular flexibility index (Phi) is 4.55. The second-order valence-corrected chi connectivity index (χ2v) is 5.40. The lowest BCUT2D eigenvalue weighted by molar-refractivity contribution is 0.208. The fraction of sp³-hybridized carbons (Fsp3) is 0.692. The summed E-state index contributed by atoms with van der Waals surface area (Å²) in [5.74, 6) is 7.79. The van der Waals surface area contributed by atoms with Crippen molar-refractivity contribution in [1.29, 1.82) is 0 Å². The van der Waals surface area contributed by atoms with E-state index in [0.29, 0.717) is 11.7 Å². The number of aliphatic hydroxyl groups excluding tert-OH is 1. The van der Waals surface area contributed by atoms with Crippen molar-refractivity contribution in [1.82, 2.24) is 9.97 Å². The second kappa shape index (κ2) is 6.16. The van der Waals surface area contributed by atoms with Crippen LogP contribution in [0, 0.1) is 5.92 Å². The lowest BCUT2D eigenvalue weighted by atomic mass is 9.97. The molecule has 106 valence electrons. The third-order valence-corrected chi connectivity index (χ3v) is 3.65. The minimum atomic E-state index is 0.237. The summed E-state index contributed by atoms with van der Waals surface area (Å²) in [7, 11) is 0. The average Bonchev–Trinajstić information content (AvgIpc) is 2.46. The predicted molar refractivity (Wildman–Crippen MR) is 76.0 cm³/mol. The van der Waals surface area contributed by atoms with Crippen LogP contribution in [-0.4, -0.2) is 34.8 Å². The topological polar surface area (TPSA) is 87.3 Å². The summed E-state index contributed by atoms with van der Waals surface area (Å²) in [6.45, 7) is 6.27. The zero-order chi connectivity index (χ0) is 13.8. The van der Waals surface area contributed by atoms with E-state index in [1.54, 1.807) is 6.33 Å². The lowest BCUT2D eigenvalue weighted by Gasteiger charge is -2.34. The molecule has 1 aliphatic heterocycles. The fourth-order valence-corrected chi connectivity index (χ4v) is 2.69. The van der Waals surface area contributed by atoms with Crippen LogP contribution in [0.3, 0.4) is 0 Å². The van der Waals surface area contributed by atoms with E-state index in [0.717, 1.165) is 37.3 Å². The molecule has 1 fully saturated rings. The molecular formula is C13H23N5O. The van der Waals surface area contributed by atoms with E-state index in [1.165, 1.54) is 0 Å². The van der Waals surface area contributed by atoms with Gasteiger partial charge in [0.1, 0.15) is 18.0 Å². The van der Waals surface area contributed by atoms with Crippen molar-refractivity contribution in [3.8, 4) is 0 Å². The number of hydrogen-bond acceptors (Lipinski definition) is 6. The minimum absolute atomic E-state index is 0.237. The Morgan fingerprint density at radius 1 is 1.53 bits per heavy atom. The van der Waals surface area contributed by atoms with Crippen LogP contribution in [0.25, 0.3) is 0 Å². The monoisotopic (exact) mass is 265 g/mol. The first-order valence-electron chi connectivity index (χ1n) is 6.84. The Balaban J connectivity index is 2.33. The highest BCUT2D eigenvalue weighted by atomic mass is 16.3. The van der Waals surface area contributed by atoms with Crippen molar-refractivity contribution < 1.29 is 5.11 Å². The predicted octanol–water partition coefficient (Wildman–Crippen LogP) is 1.09. The summed E-state index contributed by atoms with van der Waals surface area (Å²) in [4.78, 5) is 10.9. The molecule has 1 aromatic rings. The Bertz CT molecular complexity index is 423. The number of nitrogens with two attached hydrogens (primary N) is 1. The number of piperidine rings is 1. The first-order chi connectivity index (χ1) is 9.17. The summed E-state index contributed by atoms with van der Waals surface area (Å²) < 4.78 is 0. The molecule has 0 aromatic carbocycles. The number of hydrogen-bond donors (Lipinski definition) is 3.